The fraction of sp³-hybridized carbons (Fsp3) is 0.300. The van der Waals surface area contributed by atoms with Gasteiger partial charge in [-0.05, 0) is 43.7 Å². The minimum Gasteiger partial charge on any atom is -0.495 e. The summed E-state index contributed by atoms with van der Waals surface area (Å²) in [5.74, 6) is 0.462. The van der Waals surface area contributed by atoms with Crippen LogP contribution >= 0.6 is 0 Å². The first-order valence-corrected chi connectivity index (χ1v) is 8.71. The van der Waals surface area contributed by atoms with Crippen LogP contribution in [0.4, 0.5) is 11.4 Å². The number of carbonyl (C=O) groups excluding carboxylic acids is 1. The molecule has 6 heteroatoms. The van der Waals surface area contributed by atoms with E-state index in [1.54, 1.807) is 13.3 Å². The minimum atomic E-state index is -0.230. The zero-order valence-electron chi connectivity index (χ0n) is 15.5. The SMILES string of the molecule is CCN(CC)c1ccc(/C=N\NC(=O)CNc2ccccc2OC)cc1. The van der Waals surface area contributed by atoms with E-state index in [4.69, 9.17) is 4.74 Å². The Hall–Kier alpha value is -3.02. The molecule has 0 fully saturated rings. The average molecular weight is 354 g/mol. The van der Waals surface area contributed by atoms with E-state index in [0.29, 0.717) is 5.75 Å². The second-order valence-corrected chi connectivity index (χ2v) is 5.61. The van der Waals surface area contributed by atoms with E-state index in [0.717, 1.165) is 24.3 Å². The Labute approximate surface area is 154 Å². The monoisotopic (exact) mass is 354 g/mol. The third-order valence-corrected chi connectivity index (χ3v) is 3.97. The highest BCUT2D eigenvalue weighted by molar-refractivity contribution is 5.84. The Balaban J connectivity index is 1.83. The highest BCUT2D eigenvalue weighted by Crippen LogP contribution is 2.22. The van der Waals surface area contributed by atoms with Gasteiger partial charge in [0.15, 0.2) is 0 Å². The summed E-state index contributed by atoms with van der Waals surface area (Å²) < 4.78 is 5.23. The van der Waals surface area contributed by atoms with Crippen molar-refractivity contribution in [3.05, 3.63) is 54.1 Å². The van der Waals surface area contributed by atoms with Crippen LogP contribution in [0.3, 0.4) is 0 Å². The van der Waals surface area contributed by atoms with E-state index in [-0.39, 0.29) is 12.5 Å². The average Bonchev–Trinajstić information content (AvgIpc) is 2.68. The standard InChI is InChI=1S/C20H26N4O2/c1-4-24(5-2)17-12-10-16(11-13-17)14-22-23-20(25)15-21-18-8-6-7-9-19(18)26-3/h6-14,21H,4-5,15H2,1-3H3,(H,23,25)/b22-14-. The van der Waals surface area contributed by atoms with Crippen molar-refractivity contribution in [2.75, 3.05) is 37.0 Å². The van der Waals surface area contributed by atoms with Crippen molar-refractivity contribution in [1.82, 2.24) is 5.43 Å². The summed E-state index contributed by atoms with van der Waals surface area (Å²) in [5.41, 5.74) is 5.39. The number of nitrogens with one attached hydrogen (secondary N) is 2. The van der Waals surface area contributed by atoms with Crippen molar-refractivity contribution >= 4 is 23.5 Å². The predicted octanol–water partition coefficient (Wildman–Crippen LogP) is 3.10. The molecule has 0 aliphatic rings. The Morgan fingerprint density at radius 3 is 2.46 bits per heavy atom. The van der Waals surface area contributed by atoms with Crippen LogP contribution in [0.25, 0.3) is 0 Å². The van der Waals surface area contributed by atoms with Gasteiger partial charge < -0.3 is 15.0 Å². The molecule has 2 rings (SSSR count). The lowest BCUT2D eigenvalue weighted by atomic mass is 10.2. The lowest BCUT2D eigenvalue weighted by Gasteiger charge is -2.20. The molecule has 0 saturated heterocycles. The van der Waals surface area contributed by atoms with Crippen LogP contribution < -0.4 is 20.4 Å². The highest BCUT2D eigenvalue weighted by atomic mass is 16.5. The molecule has 0 heterocycles. The number of para-hydroxylation sites is 2. The number of hydrogen-bond donors (Lipinski definition) is 2. The summed E-state index contributed by atoms with van der Waals surface area (Å²) in [4.78, 5) is 14.2. The molecule has 0 unspecified atom stereocenters. The second kappa shape index (κ2) is 10.1. The molecule has 0 bridgehead atoms. The molecule has 2 aromatic rings. The van der Waals surface area contributed by atoms with Gasteiger partial charge in [-0.15, -0.1) is 0 Å². The van der Waals surface area contributed by atoms with Gasteiger partial charge in [0.05, 0.1) is 25.6 Å². The number of hydrogen-bond acceptors (Lipinski definition) is 5. The molecule has 1 amide bonds. The van der Waals surface area contributed by atoms with Gasteiger partial charge in [0.1, 0.15) is 5.75 Å². The number of rotatable bonds is 9. The molecule has 138 valence electrons. The van der Waals surface area contributed by atoms with Gasteiger partial charge in [-0.3, -0.25) is 4.79 Å². The summed E-state index contributed by atoms with van der Waals surface area (Å²) in [5, 5.41) is 7.03. The molecule has 0 aliphatic carbocycles. The van der Waals surface area contributed by atoms with E-state index >= 15 is 0 Å². The number of anilines is 2. The molecule has 0 saturated carbocycles. The molecule has 0 atom stereocenters. The smallest absolute Gasteiger partial charge is 0.259 e. The first kappa shape index (κ1) is 19.3. The largest absolute Gasteiger partial charge is 0.495 e. The summed E-state index contributed by atoms with van der Waals surface area (Å²) >= 11 is 0. The lowest BCUT2D eigenvalue weighted by Crippen LogP contribution is -2.26. The summed E-state index contributed by atoms with van der Waals surface area (Å²) in [6.45, 7) is 6.32. The number of amides is 1. The summed E-state index contributed by atoms with van der Waals surface area (Å²) in [6, 6.07) is 15.5. The third-order valence-electron chi connectivity index (χ3n) is 3.97. The van der Waals surface area contributed by atoms with Gasteiger partial charge in [-0.2, -0.15) is 5.10 Å². The molecular weight excluding hydrogens is 328 g/mol. The number of benzene rings is 2. The maximum absolute atomic E-state index is 11.9. The molecular formula is C20H26N4O2. The van der Waals surface area contributed by atoms with Crippen molar-refractivity contribution in [2.24, 2.45) is 5.10 Å². The summed E-state index contributed by atoms with van der Waals surface area (Å²) in [7, 11) is 1.59. The van der Waals surface area contributed by atoms with Gasteiger partial charge in [0.2, 0.25) is 0 Å². The van der Waals surface area contributed by atoms with E-state index in [1.165, 1.54) is 5.69 Å². The quantitative estimate of drug-likeness (QED) is 0.536. The van der Waals surface area contributed by atoms with Crippen molar-refractivity contribution in [1.29, 1.82) is 0 Å². The van der Waals surface area contributed by atoms with E-state index in [9.17, 15) is 4.79 Å². The molecule has 2 N–H and O–H groups in total. The minimum absolute atomic E-state index is 0.110. The molecule has 0 radical (unpaired) electrons. The highest BCUT2D eigenvalue weighted by Gasteiger charge is 2.04. The zero-order chi connectivity index (χ0) is 18.8. The fourth-order valence-corrected chi connectivity index (χ4v) is 2.54. The number of carbonyl (C=O) groups is 1. The van der Waals surface area contributed by atoms with Crippen LogP contribution in [0.5, 0.6) is 5.75 Å². The first-order valence-electron chi connectivity index (χ1n) is 8.71. The molecule has 26 heavy (non-hydrogen) atoms. The second-order valence-electron chi connectivity index (χ2n) is 5.61. The van der Waals surface area contributed by atoms with Crippen LogP contribution in [-0.2, 0) is 4.79 Å². The topological polar surface area (TPSA) is 66.0 Å². The maximum atomic E-state index is 11.9. The van der Waals surface area contributed by atoms with Crippen LogP contribution in [0.15, 0.2) is 53.6 Å². The van der Waals surface area contributed by atoms with Crippen LogP contribution in [0.1, 0.15) is 19.4 Å². The van der Waals surface area contributed by atoms with Gasteiger partial charge in [-0.25, -0.2) is 5.43 Å². The van der Waals surface area contributed by atoms with E-state index in [1.807, 2.05) is 36.4 Å². The lowest BCUT2D eigenvalue weighted by molar-refractivity contribution is -0.119. The van der Waals surface area contributed by atoms with Crippen molar-refractivity contribution in [3.63, 3.8) is 0 Å². The van der Waals surface area contributed by atoms with Crippen molar-refractivity contribution < 1.29 is 9.53 Å². The number of hydrazone groups is 1. The molecule has 6 nitrogen and oxygen atoms in total. The first-order chi connectivity index (χ1) is 12.7. The van der Waals surface area contributed by atoms with Crippen molar-refractivity contribution in [3.8, 4) is 5.75 Å². The number of methoxy groups -OCH3 is 1. The van der Waals surface area contributed by atoms with Gasteiger partial charge >= 0.3 is 0 Å². The van der Waals surface area contributed by atoms with E-state index in [2.05, 4.69) is 46.7 Å². The predicted molar refractivity (Wildman–Crippen MR) is 107 cm³/mol. The number of ether oxygens (including phenoxy) is 1. The summed E-state index contributed by atoms with van der Waals surface area (Å²) in [6.07, 6.45) is 1.63. The van der Waals surface area contributed by atoms with E-state index < -0.39 is 0 Å². The zero-order valence-corrected chi connectivity index (χ0v) is 15.5. The molecule has 0 aromatic heterocycles. The van der Waals surface area contributed by atoms with Crippen LogP contribution in [-0.4, -0.2) is 38.9 Å². The van der Waals surface area contributed by atoms with Gasteiger partial charge in [0, 0.05) is 18.8 Å². The third kappa shape index (κ3) is 5.51. The maximum Gasteiger partial charge on any atom is 0.259 e. The van der Waals surface area contributed by atoms with Crippen LogP contribution in [0.2, 0.25) is 0 Å². The van der Waals surface area contributed by atoms with Crippen LogP contribution in [0, 0.1) is 0 Å². The molecule has 0 aliphatic heterocycles. The Kier molecular flexibility index (Phi) is 7.49. The van der Waals surface area contributed by atoms with Gasteiger partial charge in [-0.1, -0.05) is 24.3 Å². The number of nitrogens with zero attached hydrogens (tertiary/aromatic N) is 2. The fourth-order valence-electron chi connectivity index (χ4n) is 2.54. The Morgan fingerprint density at radius 1 is 1.12 bits per heavy atom. The van der Waals surface area contributed by atoms with Crippen molar-refractivity contribution in [2.45, 2.75) is 13.8 Å². The molecule has 0 spiro atoms. The normalized spacial score (nSPS) is 10.6. The molecule has 2 aromatic carbocycles. The Bertz CT molecular complexity index is 725. The van der Waals surface area contributed by atoms with Gasteiger partial charge in [0.25, 0.3) is 5.91 Å². The Morgan fingerprint density at radius 2 is 1.81 bits per heavy atom.